The molecular formula is C17H17NaO2. The van der Waals surface area contributed by atoms with Gasteiger partial charge in [-0.15, -0.1) is 0 Å². The van der Waals surface area contributed by atoms with Crippen LogP contribution in [0.2, 0.25) is 0 Å². The molecule has 0 aliphatic heterocycles. The van der Waals surface area contributed by atoms with Gasteiger partial charge in [-0.3, -0.25) is 0 Å². The van der Waals surface area contributed by atoms with E-state index in [4.69, 9.17) is 0 Å². The SMILES string of the molecule is CCCCc1cccc(C(=O)[O-])c1-c1ccccc1.[Na+]. The molecule has 20 heavy (non-hydrogen) atoms. The zero-order chi connectivity index (χ0) is 13.7. The number of hydrogen-bond acceptors (Lipinski definition) is 2. The fourth-order valence-corrected chi connectivity index (χ4v) is 2.29. The van der Waals surface area contributed by atoms with Gasteiger partial charge in [0.15, 0.2) is 0 Å². The maximum atomic E-state index is 11.3. The molecule has 2 aromatic carbocycles. The van der Waals surface area contributed by atoms with Gasteiger partial charge in [0.25, 0.3) is 0 Å². The molecule has 0 saturated heterocycles. The van der Waals surface area contributed by atoms with Crippen molar-refractivity contribution < 1.29 is 39.5 Å². The Morgan fingerprint density at radius 1 is 1.05 bits per heavy atom. The minimum Gasteiger partial charge on any atom is -0.545 e. The van der Waals surface area contributed by atoms with E-state index in [0.29, 0.717) is 0 Å². The minimum absolute atomic E-state index is 0. The number of aromatic carboxylic acids is 1. The summed E-state index contributed by atoms with van der Waals surface area (Å²) < 4.78 is 0. The maximum Gasteiger partial charge on any atom is 1.00 e. The average molecular weight is 276 g/mol. The molecule has 0 N–H and O–H groups in total. The van der Waals surface area contributed by atoms with Crippen molar-refractivity contribution >= 4 is 5.97 Å². The van der Waals surface area contributed by atoms with Gasteiger partial charge in [-0.1, -0.05) is 61.9 Å². The van der Waals surface area contributed by atoms with Crippen LogP contribution in [0.5, 0.6) is 0 Å². The second-order valence-electron chi connectivity index (χ2n) is 4.60. The molecule has 2 aromatic rings. The predicted octanol–water partition coefficient (Wildman–Crippen LogP) is 0.0637. The molecule has 2 rings (SSSR count). The van der Waals surface area contributed by atoms with Crippen LogP contribution >= 0.6 is 0 Å². The second kappa shape index (κ2) is 8.25. The summed E-state index contributed by atoms with van der Waals surface area (Å²) in [5, 5.41) is 11.3. The van der Waals surface area contributed by atoms with Crippen LogP contribution in [0, 0.1) is 0 Å². The van der Waals surface area contributed by atoms with Gasteiger partial charge in [0, 0.05) is 5.56 Å². The standard InChI is InChI=1S/C17H18O2.Na/c1-2-3-8-13-11-7-12-15(17(18)19)16(13)14-9-5-4-6-10-14;/h4-7,9-12H,2-3,8H2,1H3,(H,18,19);/q;+1/p-1. The van der Waals surface area contributed by atoms with Gasteiger partial charge in [0.1, 0.15) is 0 Å². The van der Waals surface area contributed by atoms with E-state index in [0.717, 1.165) is 36.0 Å². The van der Waals surface area contributed by atoms with E-state index >= 15 is 0 Å². The first-order valence-electron chi connectivity index (χ1n) is 6.62. The molecule has 3 heteroatoms. The third-order valence-corrected chi connectivity index (χ3v) is 3.23. The fourth-order valence-electron chi connectivity index (χ4n) is 2.29. The van der Waals surface area contributed by atoms with Crippen molar-refractivity contribution in [3.8, 4) is 11.1 Å². The Morgan fingerprint density at radius 3 is 2.35 bits per heavy atom. The van der Waals surface area contributed by atoms with Crippen LogP contribution in [-0.4, -0.2) is 5.97 Å². The normalized spacial score (nSPS) is 9.85. The Bertz CT molecular complexity index is 564. The first-order valence-corrected chi connectivity index (χ1v) is 6.62. The first-order chi connectivity index (χ1) is 9.24. The van der Waals surface area contributed by atoms with E-state index in [1.165, 1.54) is 0 Å². The van der Waals surface area contributed by atoms with Crippen molar-refractivity contribution in [1.82, 2.24) is 0 Å². The summed E-state index contributed by atoms with van der Waals surface area (Å²) in [5.41, 5.74) is 3.10. The van der Waals surface area contributed by atoms with Crippen molar-refractivity contribution in [2.24, 2.45) is 0 Å². The van der Waals surface area contributed by atoms with Gasteiger partial charge >= 0.3 is 29.6 Å². The molecule has 0 unspecified atom stereocenters. The minimum atomic E-state index is -1.11. The molecule has 0 radical (unpaired) electrons. The number of benzene rings is 2. The van der Waals surface area contributed by atoms with Crippen LogP contribution in [0.25, 0.3) is 11.1 Å². The molecule has 0 aliphatic carbocycles. The summed E-state index contributed by atoms with van der Waals surface area (Å²) >= 11 is 0. The Kier molecular flexibility index (Phi) is 7.00. The van der Waals surface area contributed by atoms with Crippen LogP contribution in [0.15, 0.2) is 48.5 Å². The molecular weight excluding hydrogens is 259 g/mol. The topological polar surface area (TPSA) is 40.1 Å². The van der Waals surface area contributed by atoms with E-state index < -0.39 is 5.97 Å². The summed E-state index contributed by atoms with van der Waals surface area (Å²) in [4.78, 5) is 11.3. The monoisotopic (exact) mass is 276 g/mol. The number of carboxylic acid groups (broad SMARTS) is 1. The number of carbonyl (C=O) groups is 1. The Balaban J connectivity index is 0.00000200. The number of rotatable bonds is 5. The van der Waals surface area contributed by atoms with Crippen LogP contribution < -0.4 is 34.7 Å². The van der Waals surface area contributed by atoms with Crippen LogP contribution in [0.1, 0.15) is 35.7 Å². The van der Waals surface area contributed by atoms with E-state index in [-0.39, 0.29) is 35.1 Å². The maximum absolute atomic E-state index is 11.3. The van der Waals surface area contributed by atoms with Crippen LogP contribution in [0.3, 0.4) is 0 Å². The molecule has 0 fully saturated rings. The molecule has 0 aromatic heterocycles. The summed E-state index contributed by atoms with van der Waals surface area (Å²) in [7, 11) is 0. The third-order valence-electron chi connectivity index (χ3n) is 3.23. The summed E-state index contributed by atoms with van der Waals surface area (Å²) in [6.45, 7) is 2.13. The number of aryl methyl sites for hydroxylation is 1. The second-order valence-corrected chi connectivity index (χ2v) is 4.60. The molecule has 0 atom stereocenters. The molecule has 0 heterocycles. The zero-order valence-electron chi connectivity index (χ0n) is 12.1. The quantitative estimate of drug-likeness (QED) is 0.725. The number of carbonyl (C=O) groups excluding carboxylic acids is 1. The Morgan fingerprint density at radius 2 is 1.75 bits per heavy atom. The molecule has 0 bridgehead atoms. The van der Waals surface area contributed by atoms with Crippen molar-refractivity contribution in [2.45, 2.75) is 26.2 Å². The molecule has 0 saturated carbocycles. The summed E-state index contributed by atoms with van der Waals surface area (Å²) in [6.07, 6.45) is 3.03. The average Bonchev–Trinajstić information content (AvgIpc) is 2.45. The Labute approximate surface area is 142 Å². The smallest absolute Gasteiger partial charge is 0.545 e. The van der Waals surface area contributed by atoms with Gasteiger partial charge in [0.05, 0.1) is 5.97 Å². The van der Waals surface area contributed by atoms with Gasteiger partial charge in [-0.25, -0.2) is 0 Å². The summed E-state index contributed by atoms with van der Waals surface area (Å²) in [5.74, 6) is -1.11. The van der Waals surface area contributed by atoms with Gasteiger partial charge in [0.2, 0.25) is 0 Å². The largest absolute Gasteiger partial charge is 1.00 e. The van der Waals surface area contributed by atoms with Crippen molar-refractivity contribution in [3.63, 3.8) is 0 Å². The van der Waals surface area contributed by atoms with E-state index in [1.54, 1.807) is 12.1 Å². The van der Waals surface area contributed by atoms with E-state index in [9.17, 15) is 9.90 Å². The molecule has 0 spiro atoms. The fraction of sp³-hybridized carbons (Fsp3) is 0.235. The van der Waals surface area contributed by atoms with Crippen LogP contribution in [0.4, 0.5) is 0 Å². The van der Waals surface area contributed by atoms with Crippen molar-refractivity contribution in [3.05, 3.63) is 59.7 Å². The Hall–Kier alpha value is -1.09. The number of carboxylic acids is 1. The van der Waals surface area contributed by atoms with Gasteiger partial charge in [-0.2, -0.15) is 0 Å². The summed E-state index contributed by atoms with van der Waals surface area (Å²) in [6, 6.07) is 15.1. The first kappa shape index (κ1) is 17.0. The zero-order valence-corrected chi connectivity index (χ0v) is 14.1. The van der Waals surface area contributed by atoms with Crippen LogP contribution in [-0.2, 0) is 6.42 Å². The number of unbranched alkanes of at least 4 members (excludes halogenated alkanes) is 1. The van der Waals surface area contributed by atoms with Gasteiger partial charge in [-0.05, 0) is 29.5 Å². The third kappa shape index (κ3) is 3.95. The van der Waals surface area contributed by atoms with Crippen molar-refractivity contribution in [2.75, 3.05) is 0 Å². The molecule has 0 amide bonds. The molecule has 98 valence electrons. The predicted molar refractivity (Wildman–Crippen MR) is 74.8 cm³/mol. The molecule has 0 aliphatic rings. The van der Waals surface area contributed by atoms with E-state index in [2.05, 4.69) is 6.92 Å². The molecule has 2 nitrogen and oxygen atoms in total. The van der Waals surface area contributed by atoms with Crippen molar-refractivity contribution in [1.29, 1.82) is 0 Å². The number of hydrogen-bond donors (Lipinski definition) is 0. The van der Waals surface area contributed by atoms with Gasteiger partial charge < -0.3 is 9.90 Å². The van der Waals surface area contributed by atoms with E-state index in [1.807, 2.05) is 36.4 Å².